The van der Waals surface area contributed by atoms with Crippen molar-refractivity contribution in [2.24, 2.45) is 11.8 Å². The zero-order chi connectivity index (χ0) is 17.3. The molecule has 0 aliphatic carbocycles. The summed E-state index contributed by atoms with van der Waals surface area (Å²) in [7, 11) is 0. The molecule has 2 saturated heterocycles. The fourth-order valence-corrected chi connectivity index (χ4v) is 4.14. The Morgan fingerprint density at radius 2 is 1.79 bits per heavy atom. The average molecular weight is 327 g/mol. The van der Waals surface area contributed by atoms with Gasteiger partial charge in [0.05, 0.1) is 29.7 Å². The molecule has 1 aromatic carbocycles. The largest absolute Gasteiger partial charge is 0.393 e. The number of rotatable bonds is 3. The molecule has 3 heterocycles. The Balaban J connectivity index is 1.75. The van der Waals surface area contributed by atoms with E-state index in [-0.39, 0.29) is 24.2 Å². The number of hydrogen-bond donors (Lipinski definition) is 1. The van der Waals surface area contributed by atoms with Gasteiger partial charge in [-0.3, -0.25) is 14.4 Å². The number of amides is 2. The zero-order valence-electron chi connectivity index (χ0n) is 13.4. The highest BCUT2D eigenvalue weighted by molar-refractivity contribution is 6.23. The summed E-state index contributed by atoms with van der Waals surface area (Å²) in [5, 5.41) is 9.77. The number of imide groups is 1. The summed E-state index contributed by atoms with van der Waals surface area (Å²) < 4.78 is 5.87. The molecule has 6 heteroatoms. The van der Waals surface area contributed by atoms with Crippen molar-refractivity contribution in [1.29, 1.82) is 0 Å². The molecular formula is C18H17NO5. The fourth-order valence-electron chi connectivity index (χ4n) is 4.14. The molecule has 0 saturated carbocycles. The first-order chi connectivity index (χ1) is 11.3. The molecule has 124 valence electrons. The minimum atomic E-state index is -1.12. The first-order valence-electron chi connectivity index (χ1n) is 7.83. The third-order valence-electron chi connectivity index (χ3n) is 5.34. The van der Waals surface area contributed by atoms with Crippen LogP contribution < -0.4 is 4.90 Å². The van der Waals surface area contributed by atoms with Crippen LogP contribution in [0.3, 0.4) is 0 Å². The minimum absolute atomic E-state index is 0.0834. The van der Waals surface area contributed by atoms with E-state index < -0.39 is 23.0 Å². The second-order valence-corrected chi connectivity index (χ2v) is 6.80. The summed E-state index contributed by atoms with van der Waals surface area (Å²) in [6.45, 7) is 2.87. The van der Waals surface area contributed by atoms with E-state index in [1.165, 1.54) is 6.92 Å². The second kappa shape index (κ2) is 4.62. The Morgan fingerprint density at radius 3 is 2.38 bits per heavy atom. The Labute approximate surface area is 138 Å². The van der Waals surface area contributed by atoms with Crippen LogP contribution in [0.25, 0.3) is 0 Å². The van der Waals surface area contributed by atoms with Crippen molar-refractivity contribution in [3.63, 3.8) is 0 Å². The molecule has 3 aliphatic rings. The highest BCUT2D eigenvalue weighted by Crippen LogP contribution is 2.57. The summed E-state index contributed by atoms with van der Waals surface area (Å²) in [6.07, 6.45) is 3.46. The number of hydrogen-bond acceptors (Lipinski definition) is 5. The van der Waals surface area contributed by atoms with Crippen molar-refractivity contribution >= 4 is 23.3 Å². The number of aliphatic hydroxyl groups excluding tert-OH is 1. The normalized spacial score (nSPS) is 36.5. The lowest BCUT2D eigenvalue weighted by atomic mass is 9.73. The van der Waals surface area contributed by atoms with Crippen LogP contribution in [0.4, 0.5) is 5.69 Å². The lowest BCUT2D eigenvalue weighted by Gasteiger charge is -2.27. The first-order valence-corrected chi connectivity index (χ1v) is 7.83. The average Bonchev–Trinajstić information content (AvgIpc) is 3.14. The van der Waals surface area contributed by atoms with E-state index in [1.54, 1.807) is 43.3 Å². The third-order valence-corrected chi connectivity index (χ3v) is 5.34. The number of ether oxygens (including phenoxy) is 1. The molecule has 1 aromatic rings. The third kappa shape index (κ3) is 1.70. The topological polar surface area (TPSA) is 83.9 Å². The molecule has 0 aromatic heterocycles. The van der Waals surface area contributed by atoms with E-state index in [4.69, 9.17) is 4.74 Å². The smallest absolute Gasteiger partial charge is 0.241 e. The van der Waals surface area contributed by atoms with Gasteiger partial charge in [-0.1, -0.05) is 12.2 Å². The number of nitrogens with zero attached hydrogens (tertiary/aromatic N) is 1. The van der Waals surface area contributed by atoms with Crippen molar-refractivity contribution in [2.45, 2.75) is 25.0 Å². The Bertz CT molecular complexity index is 798. The molecular weight excluding hydrogens is 310 g/mol. The van der Waals surface area contributed by atoms with Crippen molar-refractivity contribution in [2.75, 3.05) is 11.5 Å². The number of ketones is 1. The summed E-state index contributed by atoms with van der Waals surface area (Å²) in [4.78, 5) is 38.4. The summed E-state index contributed by atoms with van der Waals surface area (Å²) >= 11 is 0. The van der Waals surface area contributed by atoms with Gasteiger partial charge in [0.15, 0.2) is 5.78 Å². The Morgan fingerprint density at radius 1 is 1.17 bits per heavy atom. The predicted molar refractivity (Wildman–Crippen MR) is 84.4 cm³/mol. The minimum Gasteiger partial charge on any atom is -0.393 e. The van der Waals surface area contributed by atoms with Crippen molar-refractivity contribution < 1.29 is 24.2 Å². The molecule has 2 amide bonds. The van der Waals surface area contributed by atoms with E-state index in [2.05, 4.69) is 0 Å². The number of anilines is 1. The number of fused-ring (bicyclic) bond motifs is 5. The van der Waals surface area contributed by atoms with Crippen molar-refractivity contribution in [3.05, 3.63) is 42.0 Å². The quantitative estimate of drug-likeness (QED) is 0.510. The van der Waals surface area contributed by atoms with Gasteiger partial charge in [0.2, 0.25) is 11.8 Å². The van der Waals surface area contributed by atoms with Crippen LogP contribution >= 0.6 is 0 Å². The van der Waals surface area contributed by atoms with Crippen molar-refractivity contribution in [3.8, 4) is 0 Å². The molecule has 6 nitrogen and oxygen atoms in total. The summed E-state index contributed by atoms with van der Waals surface area (Å²) in [5.41, 5.74) is -1.06. The van der Waals surface area contributed by atoms with Crippen LogP contribution in [0.15, 0.2) is 36.4 Å². The van der Waals surface area contributed by atoms with Gasteiger partial charge in [0.1, 0.15) is 5.60 Å². The molecule has 0 radical (unpaired) electrons. The maximum Gasteiger partial charge on any atom is 0.241 e. The van der Waals surface area contributed by atoms with Gasteiger partial charge in [-0.25, -0.2) is 4.90 Å². The number of carbonyl (C=O) groups excluding carboxylic acids is 3. The van der Waals surface area contributed by atoms with Gasteiger partial charge in [-0.05, 0) is 38.1 Å². The first kappa shape index (κ1) is 15.2. The summed E-state index contributed by atoms with van der Waals surface area (Å²) in [5.74, 6) is -2.16. The molecule has 2 bridgehead atoms. The maximum absolute atomic E-state index is 12.9. The zero-order valence-corrected chi connectivity index (χ0v) is 13.4. The van der Waals surface area contributed by atoms with Gasteiger partial charge in [-0.2, -0.15) is 0 Å². The van der Waals surface area contributed by atoms with Gasteiger partial charge in [0, 0.05) is 5.56 Å². The van der Waals surface area contributed by atoms with Gasteiger partial charge >= 0.3 is 0 Å². The highest BCUT2D eigenvalue weighted by Gasteiger charge is 2.72. The van der Waals surface area contributed by atoms with Crippen LogP contribution in [0.5, 0.6) is 0 Å². The lowest BCUT2D eigenvalue weighted by Crippen LogP contribution is -2.43. The number of benzene rings is 1. The van der Waals surface area contributed by atoms with Crippen LogP contribution in [0.1, 0.15) is 24.2 Å². The van der Waals surface area contributed by atoms with Gasteiger partial charge in [0.25, 0.3) is 0 Å². The Hall–Kier alpha value is -2.31. The van der Waals surface area contributed by atoms with Gasteiger partial charge in [-0.15, -0.1) is 0 Å². The molecule has 1 N–H and O–H groups in total. The molecule has 3 aliphatic heterocycles. The standard InChI is InChI=1S/C18H17NO5/c1-10(21)11-3-5-12(6-4-11)19-15(22)13-14(16(19)23)18(9-20)8-7-17(13,2)24-18/h3-8,13-14,20H,9H2,1-2H3/t13-,14-,17-,18+/m1/s1. The molecule has 0 unspecified atom stereocenters. The second-order valence-electron chi connectivity index (χ2n) is 6.80. The van der Waals surface area contributed by atoms with E-state index in [9.17, 15) is 19.5 Å². The van der Waals surface area contributed by atoms with Gasteiger partial charge < -0.3 is 9.84 Å². The van der Waals surface area contributed by atoms with Crippen LogP contribution in [0, 0.1) is 11.8 Å². The number of aliphatic hydroxyl groups is 1. The van der Waals surface area contributed by atoms with Crippen LogP contribution in [-0.4, -0.2) is 40.5 Å². The van der Waals surface area contributed by atoms with E-state index >= 15 is 0 Å². The van der Waals surface area contributed by atoms with E-state index in [0.717, 1.165) is 4.90 Å². The van der Waals surface area contributed by atoms with E-state index in [1.807, 2.05) is 0 Å². The fraction of sp³-hybridized carbons (Fsp3) is 0.389. The number of Topliss-reactive ketones (excluding diaryl/α,β-unsaturated/α-hetero) is 1. The van der Waals surface area contributed by atoms with Crippen LogP contribution in [-0.2, 0) is 14.3 Å². The molecule has 0 spiro atoms. The molecule has 24 heavy (non-hydrogen) atoms. The molecule has 2 fully saturated rings. The van der Waals surface area contributed by atoms with Crippen LogP contribution in [0.2, 0.25) is 0 Å². The van der Waals surface area contributed by atoms with E-state index in [0.29, 0.717) is 11.3 Å². The predicted octanol–water partition coefficient (Wildman–Crippen LogP) is 1.08. The molecule has 4 atom stereocenters. The van der Waals surface area contributed by atoms with Crippen molar-refractivity contribution in [1.82, 2.24) is 0 Å². The SMILES string of the molecule is CC(=O)c1ccc(N2C(=O)[C@H]3[C@H](C2=O)[C@@]2(CO)C=C[C@@]3(C)O2)cc1. The highest BCUT2D eigenvalue weighted by atomic mass is 16.5. The number of carbonyl (C=O) groups is 3. The lowest BCUT2D eigenvalue weighted by molar-refractivity contribution is -0.131. The molecule has 4 rings (SSSR count). The Kier molecular flexibility index (Phi) is 2.93. The summed E-state index contributed by atoms with van der Waals surface area (Å²) in [6, 6.07) is 6.38. The maximum atomic E-state index is 12.9. The monoisotopic (exact) mass is 327 g/mol.